The summed E-state index contributed by atoms with van der Waals surface area (Å²) in [5, 5.41) is 3.09. The molecule has 21 heavy (non-hydrogen) atoms. The number of carbonyl (C=O) groups excluding carboxylic acids is 1. The lowest BCUT2D eigenvalue weighted by molar-refractivity contribution is -0.122. The van der Waals surface area contributed by atoms with Crippen molar-refractivity contribution >= 4 is 26.9 Å². The van der Waals surface area contributed by atoms with Gasteiger partial charge in [0.25, 0.3) is 0 Å². The SMILES string of the molecule is O=C1CN(S(=O)(=O)c2ccc3oc(=O)ccc3c2)CCN1. The molecule has 0 atom stereocenters. The molecular formula is C13H12N2O5S. The lowest BCUT2D eigenvalue weighted by atomic mass is 10.2. The number of carbonyl (C=O) groups is 1. The Morgan fingerprint density at radius 1 is 1.14 bits per heavy atom. The number of hydrogen-bond acceptors (Lipinski definition) is 5. The van der Waals surface area contributed by atoms with Crippen molar-refractivity contribution < 1.29 is 17.6 Å². The lowest BCUT2D eigenvalue weighted by Gasteiger charge is -2.25. The molecule has 8 heteroatoms. The molecule has 0 bridgehead atoms. The summed E-state index contributed by atoms with van der Waals surface area (Å²) < 4.78 is 31.1. The summed E-state index contributed by atoms with van der Waals surface area (Å²) in [6.45, 7) is 0.334. The van der Waals surface area contributed by atoms with Crippen LogP contribution in [0.15, 0.2) is 44.4 Å². The van der Waals surface area contributed by atoms with Gasteiger partial charge in [-0.1, -0.05) is 0 Å². The van der Waals surface area contributed by atoms with Crippen molar-refractivity contribution in [1.29, 1.82) is 0 Å². The minimum absolute atomic E-state index is 0.0681. The van der Waals surface area contributed by atoms with Gasteiger partial charge in [-0.3, -0.25) is 4.79 Å². The standard InChI is InChI=1S/C13H12N2O5S/c16-12-8-15(6-5-14-12)21(18,19)10-2-3-11-9(7-10)1-4-13(17)20-11/h1-4,7H,5-6,8H2,(H,14,16). The highest BCUT2D eigenvalue weighted by Gasteiger charge is 2.29. The van der Waals surface area contributed by atoms with E-state index in [9.17, 15) is 18.0 Å². The second-order valence-electron chi connectivity index (χ2n) is 4.64. The summed E-state index contributed by atoms with van der Waals surface area (Å²) in [5.41, 5.74) is -0.177. The van der Waals surface area contributed by atoms with E-state index in [1.165, 1.54) is 30.3 Å². The van der Waals surface area contributed by atoms with Gasteiger partial charge in [0.1, 0.15) is 5.58 Å². The number of amides is 1. The lowest BCUT2D eigenvalue weighted by Crippen LogP contribution is -2.49. The topological polar surface area (TPSA) is 96.7 Å². The second-order valence-corrected chi connectivity index (χ2v) is 6.58. The predicted molar refractivity (Wildman–Crippen MR) is 74.3 cm³/mol. The molecule has 0 unspecified atom stereocenters. The molecule has 0 aliphatic carbocycles. The van der Waals surface area contributed by atoms with E-state index in [-0.39, 0.29) is 23.9 Å². The molecule has 1 aliphatic heterocycles. The zero-order valence-corrected chi connectivity index (χ0v) is 11.7. The number of nitrogens with zero attached hydrogens (tertiary/aromatic N) is 1. The maximum atomic E-state index is 12.5. The Morgan fingerprint density at radius 2 is 1.95 bits per heavy atom. The minimum Gasteiger partial charge on any atom is -0.423 e. The van der Waals surface area contributed by atoms with E-state index in [0.29, 0.717) is 17.5 Å². The van der Waals surface area contributed by atoms with E-state index in [2.05, 4.69) is 5.32 Å². The number of fused-ring (bicyclic) bond motifs is 1. The fraction of sp³-hybridized carbons (Fsp3) is 0.231. The highest BCUT2D eigenvalue weighted by Crippen LogP contribution is 2.21. The third-order valence-corrected chi connectivity index (χ3v) is 5.07. The fourth-order valence-corrected chi connectivity index (χ4v) is 3.61. The van der Waals surface area contributed by atoms with Gasteiger partial charge in [-0.15, -0.1) is 0 Å². The second kappa shape index (κ2) is 4.97. The van der Waals surface area contributed by atoms with Gasteiger partial charge in [0.05, 0.1) is 11.4 Å². The molecular weight excluding hydrogens is 296 g/mol. The number of hydrogen-bond donors (Lipinski definition) is 1. The summed E-state index contributed by atoms with van der Waals surface area (Å²) in [4.78, 5) is 22.5. The molecule has 1 N–H and O–H groups in total. The van der Waals surface area contributed by atoms with Gasteiger partial charge in [0.15, 0.2) is 0 Å². The summed E-state index contributed by atoms with van der Waals surface area (Å²) in [5.74, 6) is -0.323. The van der Waals surface area contributed by atoms with E-state index in [4.69, 9.17) is 4.42 Å². The first kappa shape index (κ1) is 13.8. The van der Waals surface area contributed by atoms with Crippen LogP contribution < -0.4 is 10.9 Å². The number of benzene rings is 1. The fourth-order valence-electron chi connectivity index (χ4n) is 2.18. The van der Waals surface area contributed by atoms with Crippen molar-refractivity contribution in [3.63, 3.8) is 0 Å². The molecule has 1 fully saturated rings. The quantitative estimate of drug-likeness (QED) is 0.782. The molecule has 2 aromatic rings. The average molecular weight is 308 g/mol. The smallest absolute Gasteiger partial charge is 0.336 e. The summed E-state index contributed by atoms with van der Waals surface area (Å²) >= 11 is 0. The van der Waals surface area contributed by atoms with Crippen LogP contribution in [0, 0.1) is 0 Å². The monoisotopic (exact) mass is 308 g/mol. The summed E-state index contributed by atoms with van der Waals surface area (Å²) in [6.07, 6.45) is 0. The van der Waals surface area contributed by atoms with Crippen molar-refractivity contribution in [2.45, 2.75) is 4.90 Å². The molecule has 1 saturated heterocycles. The summed E-state index contributed by atoms with van der Waals surface area (Å²) in [6, 6.07) is 6.97. The van der Waals surface area contributed by atoms with Crippen LogP contribution in [0.3, 0.4) is 0 Å². The zero-order chi connectivity index (χ0) is 15.0. The van der Waals surface area contributed by atoms with Gasteiger partial charge in [0, 0.05) is 24.5 Å². The highest BCUT2D eigenvalue weighted by atomic mass is 32.2. The van der Waals surface area contributed by atoms with Gasteiger partial charge >= 0.3 is 5.63 Å². The van der Waals surface area contributed by atoms with E-state index in [1.54, 1.807) is 0 Å². The normalized spacial score (nSPS) is 16.9. The highest BCUT2D eigenvalue weighted by molar-refractivity contribution is 7.89. The molecule has 110 valence electrons. The number of sulfonamides is 1. The maximum Gasteiger partial charge on any atom is 0.336 e. The largest absolute Gasteiger partial charge is 0.423 e. The molecule has 1 amide bonds. The molecule has 0 spiro atoms. The Hall–Kier alpha value is -2.19. The van der Waals surface area contributed by atoms with Crippen LogP contribution in [0.25, 0.3) is 11.0 Å². The van der Waals surface area contributed by atoms with Crippen LogP contribution in [0.5, 0.6) is 0 Å². The van der Waals surface area contributed by atoms with Crippen molar-refractivity contribution in [3.05, 3.63) is 40.8 Å². The maximum absolute atomic E-state index is 12.5. The third kappa shape index (κ3) is 2.55. The van der Waals surface area contributed by atoms with Gasteiger partial charge in [-0.2, -0.15) is 4.31 Å². The first-order valence-electron chi connectivity index (χ1n) is 6.27. The molecule has 0 saturated carbocycles. The number of piperazine rings is 1. The van der Waals surface area contributed by atoms with Crippen LogP contribution in [0.1, 0.15) is 0 Å². The van der Waals surface area contributed by atoms with Gasteiger partial charge < -0.3 is 9.73 Å². The number of rotatable bonds is 2. The minimum atomic E-state index is -3.74. The Morgan fingerprint density at radius 3 is 2.71 bits per heavy atom. The van der Waals surface area contributed by atoms with Crippen LogP contribution in [0.2, 0.25) is 0 Å². The van der Waals surface area contributed by atoms with E-state index >= 15 is 0 Å². The van der Waals surface area contributed by atoms with E-state index in [0.717, 1.165) is 4.31 Å². The Bertz CT molecular complexity index is 872. The Kier molecular flexibility index (Phi) is 3.26. The van der Waals surface area contributed by atoms with Crippen LogP contribution in [-0.4, -0.2) is 38.3 Å². The third-order valence-electron chi connectivity index (χ3n) is 3.23. The van der Waals surface area contributed by atoms with E-state index < -0.39 is 15.6 Å². The molecule has 7 nitrogen and oxygen atoms in total. The molecule has 3 rings (SSSR count). The van der Waals surface area contributed by atoms with Crippen molar-refractivity contribution in [2.24, 2.45) is 0 Å². The Labute approximate surface area is 120 Å². The van der Waals surface area contributed by atoms with Crippen LogP contribution in [0.4, 0.5) is 0 Å². The van der Waals surface area contributed by atoms with Gasteiger partial charge in [0.2, 0.25) is 15.9 Å². The predicted octanol–water partition coefficient (Wildman–Crippen LogP) is -0.0865. The molecule has 1 aliphatic rings. The van der Waals surface area contributed by atoms with Crippen molar-refractivity contribution in [2.75, 3.05) is 19.6 Å². The van der Waals surface area contributed by atoms with Crippen molar-refractivity contribution in [1.82, 2.24) is 9.62 Å². The molecule has 1 aromatic heterocycles. The first-order valence-corrected chi connectivity index (χ1v) is 7.71. The molecule has 2 heterocycles. The summed E-state index contributed by atoms with van der Waals surface area (Å²) in [7, 11) is -3.74. The number of nitrogens with one attached hydrogen (secondary N) is 1. The van der Waals surface area contributed by atoms with Crippen LogP contribution in [-0.2, 0) is 14.8 Å². The zero-order valence-electron chi connectivity index (χ0n) is 10.9. The molecule has 0 radical (unpaired) electrons. The van der Waals surface area contributed by atoms with Crippen molar-refractivity contribution in [3.8, 4) is 0 Å². The van der Waals surface area contributed by atoms with Gasteiger partial charge in [-0.05, 0) is 24.3 Å². The Balaban J connectivity index is 2.04. The first-order chi connectivity index (χ1) is 9.96. The van der Waals surface area contributed by atoms with Gasteiger partial charge in [-0.25, -0.2) is 13.2 Å². The van der Waals surface area contributed by atoms with E-state index in [1.807, 2.05) is 0 Å². The molecule has 1 aromatic carbocycles. The van der Waals surface area contributed by atoms with Crippen LogP contribution >= 0.6 is 0 Å². The average Bonchev–Trinajstić information content (AvgIpc) is 2.46.